The minimum Gasteiger partial charge on any atom is -0.507 e. The average Bonchev–Trinajstić information content (AvgIpc) is 3.70. The van der Waals surface area contributed by atoms with Gasteiger partial charge >= 0.3 is 11.9 Å². The minimum absolute atomic E-state index is 0.0125. The number of methoxy groups -OCH3 is 1. The summed E-state index contributed by atoms with van der Waals surface area (Å²) in [7, 11) is 1.28. The van der Waals surface area contributed by atoms with Crippen LogP contribution < -0.4 is 9.64 Å². The number of benzene rings is 3. The number of ketones is 1. The third-order valence-corrected chi connectivity index (χ3v) is 9.92. The zero-order valence-corrected chi connectivity index (χ0v) is 26.4. The molecule has 1 fully saturated rings. The van der Waals surface area contributed by atoms with Crippen molar-refractivity contribution in [3.63, 3.8) is 0 Å². The predicted molar refractivity (Wildman–Crippen MR) is 169 cm³/mol. The summed E-state index contributed by atoms with van der Waals surface area (Å²) in [6.07, 6.45) is 0.636. The van der Waals surface area contributed by atoms with Gasteiger partial charge < -0.3 is 14.6 Å². The molecule has 2 aliphatic heterocycles. The minimum atomic E-state index is -1.04. The Kier molecular flexibility index (Phi) is 8.38. The third-order valence-electron chi connectivity index (χ3n) is 7.23. The summed E-state index contributed by atoms with van der Waals surface area (Å²) >= 11 is 14.8. The molecular weight excluding hydrogens is 645 g/mol. The van der Waals surface area contributed by atoms with Crippen LogP contribution in [0.1, 0.15) is 45.6 Å². The van der Waals surface area contributed by atoms with Gasteiger partial charge in [-0.25, -0.2) is 4.79 Å². The standard InChI is InChI=1S/C31H23Cl2N3O6S2/c1-15-11-20-12-18(8-10-23(20)42-15)26(37)24-25(16-3-5-17(6-4-16)29(40)41-2)36(28(39)27(24)38)30-34-35-31(44-30)43-14-19-7-9-21(32)13-22(19)33/h3-10,12-13,15,25,37H,11,14H2,1-2H3/t15-,25-/m0/s1. The lowest BCUT2D eigenvalue weighted by Gasteiger charge is -2.22. The summed E-state index contributed by atoms with van der Waals surface area (Å²) in [6, 6.07) is 15.6. The van der Waals surface area contributed by atoms with Crippen LogP contribution in [0, 0.1) is 0 Å². The maximum absolute atomic E-state index is 13.6. The molecule has 1 aromatic heterocycles. The molecule has 1 N–H and O–H groups in total. The van der Waals surface area contributed by atoms with Crippen LogP contribution in [-0.4, -0.2) is 46.2 Å². The van der Waals surface area contributed by atoms with Gasteiger partial charge in [-0.3, -0.25) is 14.5 Å². The van der Waals surface area contributed by atoms with Crippen LogP contribution in [0.5, 0.6) is 5.75 Å². The number of hydrogen-bond acceptors (Lipinski definition) is 10. The number of carbonyl (C=O) groups excluding carboxylic acids is 3. The molecule has 1 amide bonds. The number of ether oxygens (including phenoxy) is 2. The second-order valence-corrected chi connectivity index (χ2v) is 13.1. The van der Waals surface area contributed by atoms with Crippen molar-refractivity contribution >= 4 is 74.9 Å². The van der Waals surface area contributed by atoms with Crippen molar-refractivity contribution in [2.24, 2.45) is 0 Å². The van der Waals surface area contributed by atoms with Gasteiger partial charge in [-0.05, 0) is 66.1 Å². The summed E-state index contributed by atoms with van der Waals surface area (Å²) in [5.74, 6) is -1.41. The molecule has 2 aliphatic rings. The van der Waals surface area contributed by atoms with E-state index in [9.17, 15) is 19.5 Å². The fraction of sp³-hybridized carbons (Fsp3) is 0.194. The number of aromatic nitrogens is 2. The molecule has 0 spiro atoms. The molecule has 1 saturated heterocycles. The fourth-order valence-electron chi connectivity index (χ4n) is 5.13. The van der Waals surface area contributed by atoms with Gasteiger partial charge in [0.05, 0.1) is 24.3 Å². The van der Waals surface area contributed by atoms with Gasteiger partial charge in [-0.1, -0.05) is 64.5 Å². The van der Waals surface area contributed by atoms with Gasteiger partial charge in [-0.15, -0.1) is 10.2 Å². The Morgan fingerprint density at radius 1 is 1.09 bits per heavy atom. The number of fused-ring (bicyclic) bond motifs is 1. The van der Waals surface area contributed by atoms with Crippen molar-refractivity contribution < 1.29 is 29.0 Å². The van der Waals surface area contributed by atoms with E-state index in [0.29, 0.717) is 43.4 Å². The molecule has 44 heavy (non-hydrogen) atoms. The third kappa shape index (κ3) is 5.68. The van der Waals surface area contributed by atoms with Crippen molar-refractivity contribution in [1.29, 1.82) is 0 Å². The van der Waals surface area contributed by atoms with E-state index in [0.717, 1.165) is 22.5 Å². The topological polar surface area (TPSA) is 119 Å². The van der Waals surface area contributed by atoms with Crippen LogP contribution in [0.15, 0.2) is 70.6 Å². The van der Waals surface area contributed by atoms with E-state index in [4.69, 9.17) is 32.7 Å². The lowest BCUT2D eigenvalue weighted by atomic mass is 9.94. The van der Waals surface area contributed by atoms with Crippen LogP contribution >= 0.6 is 46.3 Å². The monoisotopic (exact) mass is 667 g/mol. The van der Waals surface area contributed by atoms with Gasteiger partial charge in [0.15, 0.2) is 4.34 Å². The zero-order chi connectivity index (χ0) is 31.1. The highest BCUT2D eigenvalue weighted by atomic mass is 35.5. The van der Waals surface area contributed by atoms with Crippen molar-refractivity contribution in [1.82, 2.24) is 10.2 Å². The molecule has 0 bridgehead atoms. The largest absolute Gasteiger partial charge is 0.507 e. The first-order valence-electron chi connectivity index (χ1n) is 13.3. The molecule has 224 valence electrons. The summed E-state index contributed by atoms with van der Waals surface area (Å²) in [4.78, 5) is 40.5. The number of halogens is 2. The van der Waals surface area contributed by atoms with Crippen LogP contribution in [0.25, 0.3) is 5.76 Å². The van der Waals surface area contributed by atoms with E-state index in [-0.39, 0.29) is 28.1 Å². The molecule has 2 atom stereocenters. The number of aliphatic hydroxyl groups is 1. The number of rotatable bonds is 7. The molecule has 0 aliphatic carbocycles. The number of esters is 1. The molecule has 6 rings (SSSR count). The van der Waals surface area contributed by atoms with Gasteiger partial charge in [0.1, 0.15) is 17.6 Å². The van der Waals surface area contributed by atoms with Gasteiger partial charge in [0.2, 0.25) is 5.13 Å². The maximum Gasteiger partial charge on any atom is 0.337 e. The van der Waals surface area contributed by atoms with Crippen molar-refractivity contribution in [3.8, 4) is 5.75 Å². The van der Waals surface area contributed by atoms with Crippen LogP contribution in [0.3, 0.4) is 0 Å². The molecular formula is C31H23Cl2N3O6S2. The summed E-state index contributed by atoms with van der Waals surface area (Å²) in [6.45, 7) is 1.95. The number of aliphatic hydroxyl groups excluding tert-OH is 1. The SMILES string of the molecule is COC(=O)c1ccc([C@H]2C(=C(O)c3ccc4c(c3)C[C@H](C)O4)C(=O)C(=O)N2c2nnc(SCc3ccc(Cl)cc3Cl)s2)cc1. The van der Waals surface area contributed by atoms with Crippen LogP contribution in [-0.2, 0) is 26.5 Å². The number of anilines is 1. The van der Waals surface area contributed by atoms with E-state index in [2.05, 4.69) is 10.2 Å². The van der Waals surface area contributed by atoms with Crippen LogP contribution in [0.2, 0.25) is 10.0 Å². The van der Waals surface area contributed by atoms with E-state index in [1.165, 1.54) is 35.9 Å². The predicted octanol–water partition coefficient (Wildman–Crippen LogP) is 6.87. The molecule has 4 aromatic rings. The Balaban J connectivity index is 1.39. The number of amides is 1. The lowest BCUT2D eigenvalue weighted by Crippen LogP contribution is -2.29. The van der Waals surface area contributed by atoms with Gasteiger partial charge in [-0.2, -0.15) is 0 Å². The number of thioether (sulfide) groups is 1. The van der Waals surface area contributed by atoms with E-state index < -0.39 is 23.7 Å². The zero-order valence-electron chi connectivity index (χ0n) is 23.2. The second-order valence-electron chi connectivity index (χ2n) is 10.1. The Bertz CT molecular complexity index is 1840. The quantitative estimate of drug-likeness (QED) is 0.0562. The van der Waals surface area contributed by atoms with Gasteiger partial charge in [0, 0.05) is 27.8 Å². The molecule has 0 radical (unpaired) electrons. The number of nitrogens with zero attached hydrogens (tertiary/aromatic N) is 3. The first-order valence-corrected chi connectivity index (χ1v) is 15.9. The second kappa shape index (κ2) is 12.2. The maximum atomic E-state index is 13.6. The van der Waals surface area contributed by atoms with E-state index >= 15 is 0 Å². The fourth-order valence-corrected chi connectivity index (χ4v) is 7.55. The van der Waals surface area contributed by atoms with E-state index in [1.54, 1.807) is 42.5 Å². The number of carbonyl (C=O) groups is 3. The van der Waals surface area contributed by atoms with Gasteiger partial charge in [0.25, 0.3) is 5.78 Å². The molecule has 3 aromatic carbocycles. The first-order chi connectivity index (χ1) is 21.1. The average molecular weight is 669 g/mol. The highest BCUT2D eigenvalue weighted by Gasteiger charge is 2.48. The molecule has 0 saturated carbocycles. The normalized spacial score (nSPS) is 18.8. The number of Topliss-reactive ketones (excluding diaryl/α,β-unsaturated/α-hetero) is 1. The summed E-state index contributed by atoms with van der Waals surface area (Å²) in [5.41, 5.74) is 2.78. The summed E-state index contributed by atoms with van der Waals surface area (Å²) in [5, 5.41) is 21.2. The Morgan fingerprint density at radius 3 is 2.57 bits per heavy atom. The molecule has 13 heteroatoms. The van der Waals surface area contributed by atoms with Crippen molar-refractivity contribution in [3.05, 3.63) is 104 Å². The lowest BCUT2D eigenvalue weighted by molar-refractivity contribution is -0.132. The highest BCUT2D eigenvalue weighted by Crippen LogP contribution is 2.45. The molecule has 0 unspecified atom stereocenters. The first kappa shape index (κ1) is 30.1. The van der Waals surface area contributed by atoms with Crippen molar-refractivity contribution in [2.45, 2.75) is 35.6 Å². The summed E-state index contributed by atoms with van der Waals surface area (Å²) < 4.78 is 11.1. The molecule has 3 heterocycles. The Labute approximate surface area is 270 Å². The van der Waals surface area contributed by atoms with E-state index in [1.807, 2.05) is 13.0 Å². The Morgan fingerprint density at radius 2 is 1.84 bits per heavy atom. The Hall–Kier alpha value is -3.90. The van der Waals surface area contributed by atoms with Crippen LogP contribution in [0.4, 0.5) is 5.13 Å². The smallest absolute Gasteiger partial charge is 0.337 e. The molecule has 9 nitrogen and oxygen atoms in total. The number of hydrogen-bond donors (Lipinski definition) is 1. The van der Waals surface area contributed by atoms with Crippen molar-refractivity contribution in [2.75, 3.05) is 12.0 Å². The highest BCUT2D eigenvalue weighted by molar-refractivity contribution is 8.00.